The Labute approximate surface area is 213 Å². The third-order valence-electron chi connectivity index (χ3n) is 6.90. The van der Waals surface area contributed by atoms with Crippen molar-refractivity contribution in [2.24, 2.45) is 11.8 Å². The number of imidazole rings is 1. The highest BCUT2D eigenvalue weighted by Crippen LogP contribution is 2.36. The molecule has 1 unspecified atom stereocenters. The van der Waals surface area contributed by atoms with E-state index in [0.29, 0.717) is 24.9 Å². The third kappa shape index (κ3) is 5.79. The summed E-state index contributed by atoms with van der Waals surface area (Å²) in [5.74, 6) is 0.268. The van der Waals surface area contributed by atoms with Gasteiger partial charge in [0.05, 0.1) is 16.6 Å². The number of fused-ring (bicyclic) bond motifs is 1. The molecule has 1 amide bonds. The molecule has 4 rings (SSSR count). The van der Waals surface area contributed by atoms with Crippen molar-refractivity contribution in [1.29, 1.82) is 0 Å². The highest BCUT2D eigenvalue weighted by atomic mass is 35.5. The lowest BCUT2D eigenvalue weighted by atomic mass is 9.75. The summed E-state index contributed by atoms with van der Waals surface area (Å²) in [7, 11) is -4.27. The topological polar surface area (TPSA) is 127 Å². The fourth-order valence-electron chi connectivity index (χ4n) is 5.16. The molecule has 1 aliphatic heterocycles. The Balaban J connectivity index is 1.58. The van der Waals surface area contributed by atoms with Crippen molar-refractivity contribution in [3.05, 3.63) is 50.8 Å². The molecule has 2 aromatic rings. The highest BCUT2D eigenvalue weighted by molar-refractivity contribution is 7.89. The molecule has 190 valence electrons. The van der Waals surface area contributed by atoms with E-state index in [-0.39, 0.29) is 39.8 Å². The number of aromatic nitrogens is 2. The molecule has 1 saturated carbocycles. The molecule has 1 aromatic carbocycles. The fourth-order valence-corrected chi connectivity index (χ4v) is 7.52. The predicted molar refractivity (Wildman–Crippen MR) is 131 cm³/mol. The maximum atomic E-state index is 13.6. The number of carbonyl (C=O) groups is 1. The first-order valence-electron chi connectivity index (χ1n) is 11.6. The summed E-state index contributed by atoms with van der Waals surface area (Å²) in [6.45, 7) is 1.15. The monoisotopic (exact) mass is 543 g/mol. The molecule has 1 saturated heterocycles. The maximum Gasteiger partial charge on any atom is 0.434 e. The van der Waals surface area contributed by atoms with E-state index in [1.165, 1.54) is 41.6 Å². The average molecular weight is 544 g/mol. The van der Waals surface area contributed by atoms with Gasteiger partial charge in [0, 0.05) is 19.5 Å². The van der Waals surface area contributed by atoms with Gasteiger partial charge in [0.1, 0.15) is 23.3 Å². The molecule has 0 radical (unpaired) electrons. The van der Waals surface area contributed by atoms with Gasteiger partial charge in [0.2, 0.25) is 15.9 Å². The van der Waals surface area contributed by atoms with Crippen molar-refractivity contribution in [3.8, 4) is 0 Å². The number of nitrogens with one attached hydrogen (secondary N) is 1. The number of hydrogen-bond acceptors (Lipinski definition) is 6. The number of aryl methyl sites for hydroxylation is 1. The van der Waals surface area contributed by atoms with Gasteiger partial charge in [-0.25, -0.2) is 13.0 Å². The lowest BCUT2D eigenvalue weighted by molar-refractivity contribution is -0.396. The Morgan fingerprint density at radius 1 is 1.20 bits per heavy atom. The Morgan fingerprint density at radius 3 is 2.57 bits per heavy atom. The number of sulfonamides is 1. The summed E-state index contributed by atoms with van der Waals surface area (Å²) >= 11 is 12.3. The molecule has 1 aliphatic carbocycles. The molecule has 1 aromatic heterocycles. The number of hydrogen-bond donors (Lipinski definition) is 1. The molecular formula is C22H27Cl2N5O5S. The van der Waals surface area contributed by atoms with Crippen LogP contribution in [0.4, 0.5) is 5.95 Å². The molecule has 0 bridgehead atoms. The van der Waals surface area contributed by atoms with E-state index >= 15 is 0 Å². The first kappa shape index (κ1) is 25.9. The van der Waals surface area contributed by atoms with Crippen LogP contribution in [0.25, 0.3) is 0 Å². The number of rotatable bonds is 8. The minimum absolute atomic E-state index is 0.0120. The minimum atomic E-state index is -4.27. The summed E-state index contributed by atoms with van der Waals surface area (Å²) in [5.41, 5.74) is 0. The van der Waals surface area contributed by atoms with Crippen molar-refractivity contribution in [3.63, 3.8) is 0 Å². The van der Waals surface area contributed by atoms with Crippen LogP contribution in [0, 0.1) is 22.0 Å². The van der Waals surface area contributed by atoms with Crippen LogP contribution in [-0.2, 0) is 21.4 Å². The summed E-state index contributed by atoms with van der Waals surface area (Å²) in [6.07, 6.45) is 8.15. The highest BCUT2D eigenvalue weighted by Gasteiger charge is 2.37. The smallest absolute Gasteiger partial charge is 0.390 e. The van der Waals surface area contributed by atoms with Gasteiger partial charge in [-0.05, 0) is 41.7 Å². The van der Waals surface area contributed by atoms with Gasteiger partial charge in [-0.1, -0.05) is 53.5 Å². The quantitative estimate of drug-likeness (QED) is 0.397. The Bertz CT molecular complexity index is 1180. The normalized spacial score (nSPS) is 21.4. The molecule has 3 atom stereocenters. The number of likely N-dealkylation sites (tertiary alicyclic amines) is 1. The zero-order chi connectivity index (χ0) is 25.2. The van der Waals surface area contributed by atoms with Gasteiger partial charge in [-0.2, -0.15) is 4.72 Å². The van der Waals surface area contributed by atoms with Gasteiger partial charge in [0.25, 0.3) is 0 Å². The molecule has 0 spiro atoms. The predicted octanol–water partition coefficient (Wildman–Crippen LogP) is 3.87. The van der Waals surface area contributed by atoms with Gasteiger partial charge >= 0.3 is 5.95 Å². The number of benzene rings is 1. The molecule has 2 aliphatic rings. The lowest BCUT2D eigenvalue weighted by Gasteiger charge is -2.42. The van der Waals surface area contributed by atoms with Crippen LogP contribution < -0.4 is 4.72 Å². The van der Waals surface area contributed by atoms with E-state index in [1.54, 1.807) is 4.90 Å². The van der Waals surface area contributed by atoms with E-state index < -0.39 is 21.0 Å². The standard InChI is InChI=1S/C22H27Cl2N5O5S/c23-17-6-3-7-18(24)20(17)35(33,34)26-19(9-12-27-13-10-25-22(27)29(31)32)21(30)28-11-8-15-4-1-2-5-16(15)14-28/h3,6-7,10,13,15-16,19,26H,1-2,4-5,8-9,11-12,14H2/t15-,16+,19?/m1/s1. The molecular weight excluding hydrogens is 517 g/mol. The first-order chi connectivity index (χ1) is 16.7. The first-order valence-corrected chi connectivity index (χ1v) is 13.8. The Kier molecular flexibility index (Phi) is 7.99. The fraction of sp³-hybridized carbons (Fsp3) is 0.545. The molecule has 13 heteroatoms. The van der Waals surface area contributed by atoms with Crippen LogP contribution in [-0.4, -0.2) is 52.8 Å². The van der Waals surface area contributed by atoms with Crippen LogP contribution in [0.1, 0.15) is 38.5 Å². The minimum Gasteiger partial charge on any atom is -0.390 e. The number of carbonyl (C=O) groups excluding carboxylic acids is 1. The number of nitrogens with zero attached hydrogens (tertiary/aromatic N) is 4. The Morgan fingerprint density at radius 2 is 1.89 bits per heavy atom. The van der Waals surface area contributed by atoms with Gasteiger partial charge in [-0.3, -0.25) is 4.79 Å². The number of piperidine rings is 1. The Hall–Kier alpha value is -2.21. The SMILES string of the molecule is O=C(C(CCn1ccnc1[N+](=O)[O-])NS(=O)(=O)c1c(Cl)cccc1Cl)N1CC[C@H]2CCCC[C@H]2C1. The lowest BCUT2D eigenvalue weighted by Crippen LogP contribution is -2.53. The second kappa shape index (κ2) is 10.8. The molecule has 1 N–H and O–H groups in total. The molecule has 2 heterocycles. The summed E-state index contributed by atoms with van der Waals surface area (Å²) < 4.78 is 30.3. The van der Waals surface area contributed by atoms with Crippen molar-refractivity contribution in [2.45, 2.75) is 56.0 Å². The van der Waals surface area contributed by atoms with Crippen molar-refractivity contribution in [1.82, 2.24) is 19.2 Å². The maximum absolute atomic E-state index is 13.6. The van der Waals surface area contributed by atoms with Crippen LogP contribution in [0.5, 0.6) is 0 Å². The van der Waals surface area contributed by atoms with Crippen LogP contribution in [0.3, 0.4) is 0 Å². The number of nitro groups is 1. The summed E-state index contributed by atoms with van der Waals surface area (Å²) in [6, 6.07) is 3.18. The van der Waals surface area contributed by atoms with Crippen LogP contribution in [0.15, 0.2) is 35.5 Å². The second-order valence-corrected chi connectivity index (χ2v) is 11.5. The van der Waals surface area contributed by atoms with E-state index in [9.17, 15) is 23.3 Å². The zero-order valence-corrected chi connectivity index (χ0v) is 21.3. The van der Waals surface area contributed by atoms with E-state index in [2.05, 4.69) is 9.71 Å². The molecule has 2 fully saturated rings. The van der Waals surface area contributed by atoms with Crippen molar-refractivity contribution < 1.29 is 18.1 Å². The largest absolute Gasteiger partial charge is 0.434 e. The van der Waals surface area contributed by atoms with Gasteiger partial charge in [-0.15, -0.1) is 0 Å². The molecule has 35 heavy (non-hydrogen) atoms. The summed E-state index contributed by atoms with van der Waals surface area (Å²) in [4.78, 5) is 29.3. The van der Waals surface area contributed by atoms with Crippen molar-refractivity contribution in [2.75, 3.05) is 13.1 Å². The van der Waals surface area contributed by atoms with E-state index in [4.69, 9.17) is 23.2 Å². The van der Waals surface area contributed by atoms with Crippen LogP contribution in [0.2, 0.25) is 10.0 Å². The van der Waals surface area contributed by atoms with E-state index in [1.807, 2.05) is 0 Å². The third-order valence-corrected chi connectivity index (χ3v) is 9.33. The second-order valence-electron chi connectivity index (χ2n) is 9.07. The molecule has 10 nitrogen and oxygen atoms in total. The average Bonchev–Trinajstić information content (AvgIpc) is 3.30. The number of amides is 1. The van der Waals surface area contributed by atoms with E-state index in [0.717, 1.165) is 25.7 Å². The van der Waals surface area contributed by atoms with Gasteiger partial charge in [0.15, 0.2) is 0 Å². The zero-order valence-electron chi connectivity index (χ0n) is 19.0. The summed E-state index contributed by atoms with van der Waals surface area (Å²) in [5, 5.41) is 11.1. The van der Waals surface area contributed by atoms with Crippen LogP contribution >= 0.6 is 23.2 Å². The number of halogens is 2. The van der Waals surface area contributed by atoms with Crippen molar-refractivity contribution >= 4 is 45.1 Å². The van der Waals surface area contributed by atoms with Gasteiger partial charge < -0.3 is 15.0 Å².